The zero-order chi connectivity index (χ0) is 19.6. The first kappa shape index (κ1) is 19.0. The lowest BCUT2D eigenvalue weighted by Gasteiger charge is -2.43. The topological polar surface area (TPSA) is 90.7 Å². The number of hydrogen-bond donors (Lipinski definition) is 2. The van der Waals surface area contributed by atoms with Crippen molar-refractivity contribution in [2.45, 2.75) is 25.9 Å². The van der Waals surface area contributed by atoms with E-state index >= 15 is 0 Å². The third-order valence-corrected chi connectivity index (χ3v) is 5.01. The van der Waals surface area contributed by atoms with E-state index in [-0.39, 0.29) is 37.5 Å². The van der Waals surface area contributed by atoms with E-state index in [1.54, 1.807) is 31.2 Å². The number of amides is 1. The predicted octanol–water partition coefficient (Wildman–Crippen LogP) is 2.05. The maximum absolute atomic E-state index is 13.5. The molecule has 1 aromatic heterocycles. The largest absolute Gasteiger partial charge is 0.481 e. The van der Waals surface area contributed by atoms with Crippen molar-refractivity contribution in [2.75, 3.05) is 13.1 Å². The van der Waals surface area contributed by atoms with Gasteiger partial charge < -0.3 is 15.1 Å². The summed E-state index contributed by atoms with van der Waals surface area (Å²) in [4.78, 5) is 30.5. The fraction of sp³-hybridized carbons (Fsp3) is 0.350. The number of carboxylic acid groups (broad SMARTS) is 1. The molecule has 7 heteroatoms. The minimum Gasteiger partial charge on any atom is -0.481 e. The van der Waals surface area contributed by atoms with Crippen LogP contribution in [0.25, 0.3) is 0 Å². The third-order valence-electron chi connectivity index (χ3n) is 5.01. The number of likely N-dealkylation sites (tertiary alicyclic amines) is 1. The van der Waals surface area contributed by atoms with Crippen LogP contribution >= 0.6 is 0 Å². The van der Waals surface area contributed by atoms with E-state index in [1.807, 2.05) is 0 Å². The summed E-state index contributed by atoms with van der Waals surface area (Å²) in [5, 5.41) is 20.4. The highest BCUT2D eigenvalue weighted by Gasteiger charge is 2.50. The maximum atomic E-state index is 13.5. The lowest BCUT2D eigenvalue weighted by atomic mass is 9.72. The van der Waals surface area contributed by atoms with Gasteiger partial charge in [0.05, 0.1) is 6.10 Å². The molecular formula is C20H21FN2O4. The van der Waals surface area contributed by atoms with E-state index in [9.17, 15) is 24.2 Å². The second-order valence-corrected chi connectivity index (χ2v) is 6.96. The van der Waals surface area contributed by atoms with Crippen LogP contribution in [0.4, 0.5) is 4.39 Å². The van der Waals surface area contributed by atoms with Gasteiger partial charge in [-0.2, -0.15) is 0 Å². The molecule has 0 aliphatic carbocycles. The second-order valence-electron chi connectivity index (χ2n) is 6.96. The Morgan fingerprint density at radius 2 is 2.04 bits per heavy atom. The molecule has 2 N–H and O–H groups in total. The van der Waals surface area contributed by atoms with Crippen LogP contribution in [0, 0.1) is 18.2 Å². The van der Waals surface area contributed by atoms with Crippen LogP contribution in [0.15, 0.2) is 42.5 Å². The van der Waals surface area contributed by atoms with Gasteiger partial charge in [-0.05, 0) is 49.6 Å². The van der Waals surface area contributed by atoms with Gasteiger partial charge >= 0.3 is 5.97 Å². The molecule has 0 bridgehead atoms. The summed E-state index contributed by atoms with van der Waals surface area (Å²) in [6.45, 7) is 1.82. The van der Waals surface area contributed by atoms with Crippen LogP contribution in [-0.4, -0.2) is 51.2 Å². The molecule has 1 aliphatic rings. The molecule has 1 saturated heterocycles. The number of carboxylic acids is 1. The Hall–Kier alpha value is -2.80. The molecule has 27 heavy (non-hydrogen) atoms. The number of carbonyl (C=O) groups is 2. The van der Waals surface area contributed by atoms with Gasteiger partial charge in [-0.15, -0.1) is 0 Å². The molecular weight excluding hydrogens is 351 g/mol. The normalized spacial score (nSPS) is 22.5. The van der Waals surface area contributed by atoms with Gasteiger partial charge in [0.15, 0.2) is 0 Å². The van der Waals surface area contributed by atoms with Crippen molar-refractivity contribution < 1.29 is 24.2 Å². The predicted molar refractivity (Wildman–Crippen MR) is 95.7 cm³/mol. The Kier molecular flexibility index (Phi) is 5.23. The van der Waals surface area contributed by atoms with Crippen LogP contribution < -0.4 is 0 Å². The Morgan fingerprint density at radius 1 is 1.30 bits per heavy atom. The maximum Gasteiger partial charge on any atom is 0.314 e. The van der Waals surface area contributed by atoms with Gasteiger partial charge in [-0.3, -0.25) is 9.59 Å². The molecule has 1 aliphatic heterocycles. The van der Waals surface area contributed by atoms with E-state index in [0.717, 1.165) is 0 Å². The molecule has 2 aromatic rings. The molecule has 1 aromatic carbocycles. The molecule has 142 valence electrons. The molecule has 3 rings (SSSR count). The van der Waals surface area contributed by atoms with E-state index < -0.39 is 23.3 Å². The number of aliphatic hydroxyl groups is 1. The van der Waals surface area contributed by atoms with Gasteiger partial charge in [0, 0.05) is 18.8 Å². The highest BCUT2D eigenvalue weighted by molar-refractivity contribution is 5.93. The van der Waals surface area contributed by atoms with Gasteiger partial charge in [0.2, 0.25) is 0 Å². The lowest BCUT2D eigenvalue weighted by Crippen LogP contribution is -2.58. The smallest absolute Gasteiger partial charge is 0.314 e. The van der Waals surface area contributed by atoms with Crippen molar-refractivity contribution >= 4 is 11.9 Å². The Labute approximate surface area is 156 Å². The minimum absolute atomic E-state index is 0.0771. The van der Waals surface area contributed by atoms with Crippen molar-refractivity contribution in [1.82, 2.24) is 9.88 Å². The molecule has 2 heterocycles. The summed E-state index contributed by atoms with van der Waals surface area (Å²) in [6.07, 6.45) is -1.10. The summed E-state index contributed by atoms with van der Waals surface area (Å²) in [5.41, 5.74) is -0.232. The number of carbonyl (C=O) groups excluding carboxylic acids is 1. The lowest BCUT2D eigenvalue weighted by molar-refractivity contribution is -0.161. The first-order chi connectivity index (χ1) is 12.8. The van der Waals surface area contributed by atoms with E-state index in [0.29, 0.717) is 11.3 Å². The molecule has 2 atom stereocenters. The van der Waals surface area contributed by atoms with Crippen molar-refractivity contribution in [3.05, 3.63) is 65.2 Å². The van der Waals surface area contributed by atoms with Crippen LogP contribution in [0.5, 0.6) is 0 Å². The average molecular weight is 372 g/mol. The molecule has 0 unspecified atom stereocenters. The molecule has 0 spiro atoms. The highest BCUT2D eigenvalue weighted by atomic mass is 19.1. The van der Waals surface area contributed by atoms with Crippen LogP contribution in [-0.2, 0) is 11.2 Å². The molecule has 6 nitrogen and oxygen atoms in total. The highest BCUT2D eigenvalue weighted by Crippen LogP contribution is 2.35. The average Bonchev–Trinajstić information content (AvgIpc) is 2.63. The summed E-state index contributed by atoms with van der Waals surface area (Å²) in [5.74, 6) is -2.07. The number of aromatic nitrogens is 1. The summed E-state index contributed by atoms with van der Waals surface area (Å²) < 4.78 is 13.5. The van der Waals surface area contributed by atoms with E-state index in [1.165, 1.54) is 23.1 Å². The van der Waals surface area contributed by atoms with Crippen molar-refractivity contribution in [3.8, 4) is 0 Å². The van der Waals surface area contributed by atoms with Gasteiger partial charge in [0.25, 0.3) is 5.91 Å². The fourth-order valence-corrected chi connectivity index (χ4v) is 3.55. The van der Waals surface area contributed by atoms with Gasteiger partial charge in [0.1, 0.15) is 16.9 Å². The summed E-state index contributed by atoms with van der Waals surface area (Å²) in [7, 11) is 0. The fourth-order valence-electron chi connectivity index (χ4n) is 3.55. The van der Waals surface area contributed by atoms with Gasteiger partial charge in [-0.1, -0.05) is 18.2 Å². The Morgan fingerprint density at radius 3 is 2.70 bits per heavy atom. The molecule has 1 fully saturated rings. The summed E-state index contributed by atoms with van der Waals surface area (Å²) >= 11 is 0. The zero-order valence-corrected chi connectivity index (χ0v) is 14.9. The number of aryl methyl sites for hydroxylation is 1. The second kappa shape index (κ2) is 7.44. The van der Waals surface area contributed by atoms with Crippen LogP contribution in [0.1, 0.15) is 28.2 Å². The van der Waals surface area contributed by atoms with E-state index in [2.05, 4.69) is 4.98 Å². The third kappa shape index (κ3) is 3.83. The van der Waals surface area contributed by atoms with Crippen molar-refractivity contribution in [1.29, 1.82) is 0 Å². The molecule has 0 saturated carbocycles. The molecule has 0 radical (unpaired) electrons. The minimum atomic E-state index is -1.61. The summed E-state index contributed by atoms with van der Waals surface area (Å²) in [6, 6.07) is 10.7. The number of halogens is 1. The number of hydrogen-bond acceptors (Lipinski definition) is 4. The van der Waals surface area contributed by atoms with Crippen molar-refractivity contribution in [2.24, 2.45) is 5.41 Å². The van der Waals surface area contributed by atoms with Crippen molar-refractivity contribution in [3.63, 3.8) is 0 Å². The van der Waals surface area contributed by atoms with E-state index in [4.69, 9.17) is 0 Å². The Bertz CT molecular complexity index is 873. The van der Waals surface area contributed by atoms with Crippen LogP contribution in [0.2, 0.25) is 0 Å². The number of aliphatic hydroxyl groups excluding tert-OH is 1. The van der Waals surface area contributed by atoms with Crippen LogP contribution in [0.3, 0.4) is 0 Å². The first-order valence-electron chi connectivity index (χ1n) is 8.71. The number of benzene rings is 1. The number of pyridine rings is 1. The standard InChI is InChI=1S/C20H21FN2O4/c1-13-4-2-7-16(22-13)18(25)23-9-8-17(24)20(12-23,19(26)27)11-14-5-3-6-15(21)10-14/h2-7,10,17,24H,8-9,11-12H2,1H3,(H,26,27)/t17-,20+/m0/s1. The van der Waals surface area contributed by atoms with Gasteiger partial charge in [-0.25, -0.2) is 9.37 Å². The number of rotatable bonds is 4. The number of nitrogens with zero attached hydrogens (tertiary/aromatic N) is 2. The quantitative estimate of drug-likeness (QED) is 0.857. The number of aliphatic carboxylic acids is 1. The SMILES string of the molecule is Cc1cccc(C(=O)N2CC[C@H](O)[C@](Cc3cccc(F)c3)(C(=O)O)C2)n1. The Balaban J connectivity index is 1.91. The first-order valence-corrected chi connectivity index (χ1v) is 8.71. The molecule has 1 amide bonds. The zero-order valence-electron chi connectivity index (χ0n) is 14.9. The number of piperidine rings is 1. The monoisotopic (exact) mass is 372 g/mol.